The fraction of sp³-hybridized carbons (Fsp3) is 0.750. The van der Waals surface area contributed by atoms with Crippen LogP contribution >= 0.6 is 0 Å². The summed E-state index contributed by atoms with van der Waals surface area (Å²) in [6.45, 7) is 0.357. The van der Waals surface area contributed by atoms with E-state index in [0.29, 0.717) is 13.0 Å². The van der Waals surface area contributed by atoms with E-state index in [2.05, 4.69) is 0 Å². The summed E-state index contributed by atoms with van der Waals surface area (Å²) in [6, 6.07) is 0. The third-order valence-corrected chi connectivity index (χ3v) is 4.93. The maximum atomic E-state index is 13.9. The third kappa shape index (κ3) is 3.40. The fourth-order valence-electron chi connectivity index (χ4n) is 3.59. The topological polar surface area (TPSA) is 73.5 Å². The summed E-state index contributed by atoms with van der Waals surface area (Å²) in [6.07, 6.45) is 5.98. The van der Waals surface area contributed by atoms with Crippen LogP contribution in [0.25, 0.3) is 0 Å². The number of halogens is 1. The molecule has 7 heteroatoms. The Balaban J connectivity index is 1.88. The summed E-state index contributed by atoms with van der Waals surface area (Å²) in [7, 11) is 0. The first-order valence-corrected chi connectivity index (χ1v) is 8.39. The molecule has 2 heterocycles. The molecule has 3 rings (SSSR count). The Bertz CT molecular complexity index is 657. The van der Waals surface area contributed by atoms with E-state index < -0.39 is 29.4 Å². The second-order valence-corrected chi connectivity index (χ2v) is 6.52. The molecule has 1 saturated carbocycles. The normalized spacial score (nSPS) is 24.0. The van der Waals surface area contributed by atoms with Gasteiger partial charge in [0.25, 0.3) is 5.56 Å². The molecule has 0 radical (unpaired) electrons. The lowest BCUT2D eigenvalue weighted by atomic mass is 9.85. The van der Waals surface area contributed by atoms with Gasteiger partial charge < -0.3 is 9.84 Å². The molecule has 1 aromatic heterocycles. The average molecular weight is 326 g/mol. The van der Waals surface area contributed by atoms with E-state index in [1.807, 2.05) is 0 Å². The van der Waals surface area contributed by atoms with E-state index >= 15 is 0 Å². The quantitative estimate of drug-likeness (QED) is 0.908. The zero-order chi connectivity index (χ0) is 16.4. The van der Waals surface area contributed by atoms with E-state index in [1.54, 1.807) is 0 Å². The lowest BCUT2D eigenvalue weighted by Gasteiger charge is -2.27. The Morgan fingerprint density at radius 2 is 1.96 bits per heavy atom. The summed E-state index contributed by atoms with van der Waals surface area (Å²) >= 11 is 0. The molecular weight excluding hydrogens is 303 g/mol. The van der Waals surface area contributed by atoms with Crippen molar-refractivity contribution in [1.82, 2.24) is 9.13 Å². The predicted molar refractivity (Wildman–Crippen MR) is 81.7 cm³/mol. The standard InChI is InChI=1S/C16H23FN2O4/c17-12-9-18(14-7-4-8-23-14)16(22)19(15(12)21)10-13(20)11-5-2-1-3-6-11/h9,11,13-14,20H,1-8,10H2/t13-,14-/m1/s1. The Morgan fingerprint density at radius 3 is 2.61 bits per heavy atom. The van der Waals surface area contributed by atoms with Gasteiger partial charge >= 0.3 is 5.69 Å². The van der Waals surface area contributed by atoms with Gasteiger partial charge in [-0.05, 0) is 31.6 Å². The van der Waals surface area contributed by atoms with Gasteiger partial charge in [-0.15, -0.1) is 0 Å². The lowest BCUT2D eigenvalue weighted by Crippen LogP contribution is -2.45. The van der Waals surface area contributed by atoms with Crippen molar-refractivity contribution in [3.8, 4) is 0 Å². The molecule has 1 aromatic rings. The SMILES string of the molecule is O=c1c(F)cn([C@H]2CCCO2)c(=O)n1C[C@@H](O)C1CCCCC1. The number of hydrogen-bond donors (Lipinski definition) is 1. The maximum absolute atomic E-state index is 13.9. The van der Waals surface area contributed by atoms with Gasteiger partial charge in [-0.2, -0.15) is 4.39 Å². The van der Waals surface area contributed by atoms with Gasteiger partial charge in [0.15, 0.2) is 0 Å². The first-order valence-electron chi connectivity index (χ1n) is 8.39. The first kappa shape index (κ1) is 16.4. The second kappa shape index (κ2) is 6.97. The highest BCUT2D eigenvalue weighted by Gasteiger charge is 2.26. The van der Waals surface area contributed by atoms with Crippen molar-refractivity contribution in [2.75, 3.05) is 6.61 Å². The van der Waals surface area contributed by atoms with Crippen molar-refractivity contribution >= 4 is 0 Å². The highest BCUT2D eigenvalue weighted by molar-refractivity contribution is 4.93. The molecule has 1 aliphatic carbocycles. The number of nitrogens with zero attached hydrogens (tertiary/aromatic N) is 2. The van der Waals surface area contributed by atoms with E-state index in [-0.39, 0.29) is 12.5 Å². The first-order chi connectivity index (χ1) is 11.1. The maximum Gasteiger partial charge on any atom is 0.333 e. The van der Waals surface area contributed by atoms with Gasteiger partial charge in [0, 0.05) is 6.61 Å². The van der Waals surface area contributed by atoms with E-state index in [4.69, 9.17) is 4.74 Å². The van der Waals surface area contributed by atoms with Gasteiger partial charge in [0.2, 0.25) is 5.82 Å². The molecular formula is C16H23FN2O4. The van der Waals surface area contributed by atoms with E-state index in [0.717, 1.165) is 53.9 Å². The van der Waals surface area contributed by atoms with Crippen LogP contribution in [0.1, 0.15) is 51.2 Å². The monoisotopic (exact) mass is 326 g/mol. The number of hydrogen-bond acceptors (Lipinski definition) is 4. The van der Waals surface area contributed by atoms with Gasteiger partial charge in [-0.1, -0.05) is 19.3 Å². The molecule has 0 bridgehead atoms. The molecule has 0 spiro atoms. The molecule has 0 unspecified atom stereocenters. The average Bonchev–Trinajstić information content (AvgIpc) is 3.10. The second-order valence-electron chi connectivity index (χ2n) is 6.52. The van der Waals surface area contributed by atoms with Gasteiger partial charge in [0.05, 0.1) is 18.8 Å². The smallest absolute Gasteiger partial charge is 0.333 e. The zero-order valence-corrected chi connectivity index (χ0v) is 13.1. The molecule has 2 aliphatic rings. The molecule has 1 N–H and O–H groups in total. The third-order valence-electron chi connectivity index (χ3n) is 4.93. The lowest BCUT2D eigenvalue weighted by molar-refractivity contribution is 0.0448. The van der Waals surface area contributed by atoms with Crippen LogP contribution in [0, 0.1) is 11.7 Å². The van der Waals surface area contributed by atoms with Gasteiger partial charge in [-0.3, -0.25) is 13.9 Å². The van der Waals surface area contributed by atoms with E-state index in [1.165, 1.54) is 0 Å². The number of ether oxygens (including phenoxy) is 1. The molecule has 2 atom stereocenters. The molecule has 128 valence electrons. The molecule has 1 aliphatic heterocycles. The summed E-state index contributed by atoms with van der Waals surface area (Å²) < 4.78 is 21.3. The van der Waals surface area contributed by atoms with Crippen molar-refractivity contribution < 1.29 is 14.2 Å². The Labute approximate surface area is 133 Å². The van der Waals surface area contributed by atoms with Crippen LogP contribution in [-0.2, 0) is 11.3 Å². The summed E-state index contributed by atoms with van der Waals surface area (Å²) in [5.41, 5.74) is -1.59. The van der Waals surface area contributed by atoms with Crippen LogP contribution in [0.4, 0.5) is 4.39 Å². The van der Waals surface area contributed by atoms with Crippen molar-refractivity contribution in [1.29, 1.82) is 0 Å². The van der Waals surface area contributed by atoms with Crippen LogP contribution in [-0.4, -0.2) is 27.0 Å². The van der Waals surface area contributed by atoms with Gasteiger partial charge in [-0.25, -0.2) is 4.79 Å². The Kier molecular flexibility index (Phi) is 4.96. The molecule has 23 heavy (non-hydrogen) atoms. The van der Waals surface area contributed by atoms with Crippen LogP contribution in [0.2, 0.25) is 0 Å². The highest BCUT2D eigenvalue weighted by atomic mass is 19.1. The summed E-state index contributed by atoms with van der Waals surface area (Å²) in [4.78, 5) is 24.5. The minimum atomic E-state index is -0.990. The van der Waals surface area contributed by atoms with Crippen molar-refractivity contribution in [3.63, 3.8) is 0 Å². The highest BCUT2D eigenvalue weighted by Crippen LogP contribution is 2.27. The summed E-state index contributed by atoms with van der Waals surface area (Å²) in [5, 5.41) is 10.4. The minimum Gasteiger partial charge on any atom is -0.391 e. The van der Waals surface area contributed by atoms with Crippen molar-refractivity contribution in [3.05, 3.63) is 32.9 Å². The van der Waals surface area contributed by atoms with Crippen LogP contribution in [0.15, 0.2) is 15.8 Å². The molecule has 1 saturated heterocycles. The molecule has 6 nitrogen and oxygen atoms in total. The van der Waals surface area contributed by atoms with Gasteiger partial charge in [0.1, 0.15) is 6.23 Å². The number of aromatic nitrogens is 2. The molecule has 2 fully saturated rings. The Morgan fingerprint density at radius 1 is 1.22 bits per heavy atom. The molecule has 0 aromatic carbocycles. The van der Waals surface area contributed by atoms with Crippen LogP contribution < -0.4 is 11.2 Å². The number of rotatable bonds is 4. The van der Waals surface area contributed by atoms with E-state index in [9.17, 15) is 19.1 Å². The Hall–Kier alpha value is -1.47. The minimum absolute atomic E-state index is 0.0643. The number of aliphatic hydroxyl groups excluding tert-OH is 1. The van der Waals surface area contributed by atoms with Crippen molar-refractivity contribution in [2.24, 2.45) is 5.92 Å². The zero-order valence-electron chi connectivity index (χ0n) is 13.1. The summed E-state index contributed by atoms with van der Waals surface area (Å²) in [5.74, 6) is -0.926. The van der Waals surface area contributed by atoms with Crippen LogP contribution in [0.5, 0.6) is 0 Å². The van der Waals surface area contributed by atoms with Crippen LogP contribution in [0.3, 0.4) is 0 Å². The fourth-order valence-corrected chi connectivity index (χ4v) is 3.59. The number of aliphatic hydroxyl groups is 1. The van der Waals surface area contributed by atoms with Crippen molar-refractivity contribution in [2.45, 2.75) is 63.8 Å². The predicted octanol–water partition coefficient (Wildman–Crippen LogP) is 1.40. The molecule has 0 amide bonds. The largest absolute Gasteiger partial charge is 0.391 e.